The zero-order valence-electron chi connectivity index (χ0n) is 10.5. The maximum atomic E-state index is 10.2. The standard InChI is InChI=1S/C12H15IN4O3/c13-6-2-17(12-8(6)11(14)15-4-16-12)7-1-5(3-18)9(19)10(7)20/h2,4-5,7,9-10,18-20H,1,3H2,(H2,14,15,16)/t5-,7-,9-,10+/m1/s1. The molecule has 5 N–H and O–H groups in total. The summed E-state index contributed by atoms with van der Waals surface area (Å²) in [6, 6.07) is -0.331. The number of rotatable bonds is 2. The first kappa shape index (κ1) is 14.0. The quantitative estimate of drug-likeness (QED) is 0.532. The van der Waals surface area contributed by atoms with Gasteiger partial charge in [-0.05, 0) is 29.0 Å². The Morgan fingerprint density at radius 3 is 2.75 bits per heavy atom. The van der Waals surface area contributed by atoms with Crippen molar-refractivity contribution in [3.8, 4) is 0 Å². The number of nitrogen functional groups attached to an aromatic ring is 1. The number of halogens is 1. The lowest BCUT2D eigenvalue weighted by Crippen LogP contribution is -2.30. The highest BCUT2D eigenvalue weighted by atomic mass is 127. The van der Waals surface area contributed by atoms with Crippen LogP contribution in [0.3, 0.4) is 0 Å². The van der Waals surface area contributed by atoms with E-state index in [1.54, 1.807) is 0 Å². The van der Waals surface area contributed by atoms with Crippen LogP contribution in [0.15, 0.2) is 12.5 Å². The molecule has 0 bridgehead atoms. The van der Waals surface area contributed by atoms with Crippen LogP contribution in [-0.4, -0.2) is 48.7 Å². The molecule has 0 aromatic carbocycles. The van der Waals surface area contributed by atoms with Gasteiger partial charge in [0, 0.05) is 22.3 Å². The van der Waals surface area contributed by atoms with Crippen LogP contribution >= 0.6 is 22.6 Å². The van der Waals surface area contributed by atoms with Crippen molar-refractivity contribution in [2.45, 2.75) is 24.7 Å². The number of aliphatic hydroxyl groups is 3. The van der Waals surface area contributed by atoms with Crippen LogP contribution in [0.25, 0.3) is 11.0 Å². The van der Waals surface area contributed by atoms with E-state index in [0.29, 0.717) is 17.9 Å². The lowest BCUT2D eigenvalue weighted by atomic mass is 10.1. The first-order chi connectivity index (χ1) is 9.54. The summed E-state index contributed by atoms with van der Waals surface area (Å²) in [4.78, 5) is 8.20. The van der Waals surface area contributed by atoms with Crippen LogP contribution < -0.4 is 5.73 Å². The molecule has 0 radical (unpaired) electrons. The van der Waals surface area contributed by atoms with Gasteiger partial charge < -0.3 is 25.6 Å². The highest BCUT2D eigenvalue weighted by molar-refractivity contribution is 14.1. The molecule has 7 nitrogen and oxygen atoms in total. The van der Waals surface area contributed by atoms with Crippen molar-refractivity contribution in [2.75, 3.05) is 12.3 Å². The molecule has 108 valence electrons. The largest absolute Gasteiger partial charge is 0.396 e. The molecule has 0 aliphatic heterocycles. The Morgan fingerprint density at radius 2 is 2.10 bits per heavy atom. The molecule has 0 amide bonds. The van der Waals surface area contributed by atoms with Crippen molar-refractivity contribution in [1.82, 2.24) is 14.5 Å². The van der Waals surface area contributed by atoms with E-state index in [0.717, 1.165) is 8.96 Å². The molecule has 0 saturated heterocycles. The normalized spacial score (nSPS) is 30.2. The molecular weight excluding hydrogens is 375 g/mol. The van der Waals surface area contributed by atoms with Crippen molar-refractivity contribution in [2.24, 2.45) is 5.92 Å². The van der Waals surface area contributed by atoms with Crippen molar-refractivity contribution >= 4 is 39.4 Å². The van der Waals surface area contributed by atoms with Crippen molar-refractivity contribution in [3.05, 3.63) is 16.1 Å². The average molecular weight is 390 g/mol. The van der Waals surface area contributed by atoms with Crippen LogP contribution in [-0.2, 0) is 0 Å². The molecule has 8 heteroatoms. The van der Waals surface area contributed by atoms with Crippen LogP contribution in [0.1, 0.15) is 12.5 Å². The van der Waals surface area contributed by atoms with E-state index in [9.17, 15) is 15.3 Å². The number of aliphatic hydroxyl groups excluding tert-OH is 3. The number of nitrogens with two attached hydrogens (primary N) is 1. The van der Waals surface area contributed by atoms with Gasteiger partial charge >= 0.3 is 0 Å². The Bertz CT molecular complexity index is 647. The van der Waals surface area contributed by atoms with Gasteiger partial charge in [0.05, 0.1) is 17.5 Å². The van der Waals surface area contributed by atoms with Crippen LogP contribution in [0.5, 0.6) is 0 Å². The number of hydrogen-bond acceptors (Lipinski definition) is 6. The van der Waals surface area contributed by atoms with Crippen molar-refractivity contribution < 1.29 is 15.3 Å². The SMILES string of the molecule is Nc1ncnc2c1c(I)cn2[C@@H]1C[C@H](CO)[C@@H](O)[C@H]1O. The third kappa shape index (κ3) is 1.98. The number of hydrogen-bond donors (Lipinski definition) is 4. The van der Waals surface area contributed by atoms with Gasteiger partial charge in [-0.1, -0.05) is 0 Å². The summed E-state index contributed by atoms with van der Waals surface area (Å²) < 4.78 is 2.71. The highest BCUT2D eigenvalue weighted by Crippen LogP contribution is 2.38. The van der Waals surface area contributed by atoms with Gasteiger partial charge in [-0.3, -0.25) is 0 Å². The summed E-state index contributed by atoms with van der Waals surface area (Å²) in [5.41, 5.74) is 6.50. The smallest absolute Gasteiger partial charge is 0.146 e. The van der Waals surface area contributed by atoms with E-state index in [1.165, 1.54) is 6.33 Å². The van der Waals surface area contributed by atoms with Crippen LogP contribution in [0.4, 0.5) is 5.82 Å². The highest BCUT2D eigenvalue weighted by Gasteiger charge is 2.42. The molecule has 1 aliphatic carbocycles. The molecule has 1 aliphatic rings. The second-order valence-electron chi connectivity index (χ2n) is 5.07. The van der Waals surface area contributed by atoms with E-state index >= 15 is 0 Å². The molecular formula is C12H15IN4O3. The zero-order chi connectivity index (χ0) is 14.4. The molecule has 4 atom stereocenters. The molecule has 2 aromatic rings. The summed E-state index contributed by atoms with van der Waals surface area (Å²) >= 11 is 2.14. The van der Waals surface area contributed by atoms with Crippen molar-refractivity contribution in [1.29, 1.82) is 0 Å². The Kier molecular flexibility index (Phi) is 3.56. The molecule has 3 rings (SSSR count). The molecule has 2 heterocycles. The Balaban J connectivity index is 2.10. The first-order valence-corrected chi connectivity index (χ1v) is 7.36. The third-order valence-corrected chi connectivity index (χ3v) is 4.77. The first-order valence-electron chi connectivity index (χ1n) is 6.28. The molecule has 2 aromatic heterocycles. The predicted molar refractivity (Wildman–Crippen MR) is 80.9 cm³/mol. The minimum absolute atomic E-state index is 0.151. The number of nitrogens with zero attached hydrogens (tertiary/aromatic N) is 3. The van der Waals surface area contributed by atoms with E-state index in [4.69, 9.17) is 5.73 Å². The molecule has 1 fully saturated rings. The summed E-state index contributed by atoms with van der Waals surface area (Å²) in [7, 11) is 0. The summed E-state index contributed by atoms with van der Waals surface area (Å²) in [5, 5.41) is 30.1. The van der Waals surface area contributed by atoms with Gasteiger partial charge in [0.25, 0.3) is 0 Å². The Labute approximate surface area is 128 Å². The molecule has 0 unspecified atom stereocenters. The second-order valence-corrected chi connectivity index (χ2v) is 6.23. The van der Waals surface area contributed by atoms with Gasteiger partial charge in [0.15, 0.2) is 0 Å². The van der Waals surface area contributed by atoms with E-state index in [1.807, 2.05) is 10.8 Å². The molecule has 20 heavy (non-hydrogen) atoms. The van der Waals surface area contributed by atoms with Gasteiger partial charge in [-0.25, -0.2) is 9.97 Å². The van der Waals surface area contributed by atoms with Crippen molar-refractivity contribution in [3.63, 3.8) is 0 Å². The fourth-order valence-electron chi connectivity index (χ4n) is 2.87. The molecule has 0 spiro atoms. The minimum atomic E-state index is -0.935. The van der Waals surface area contributed by atoms with Crippen LogP contribution in [0, 0.1) is 9.49 Å². The van der Waals surface area contributed by atoms with E-state index in [2.05, 4.69) is 32.6 Å². The van der Waals surface area contributed by atoms with Gasteiger partial charge in [-0.2, -0.15) is 0 Å². The van der Waals surface area contributed by atoms with E-state index < -0.39 is 12.2 Å². The van der Waals surface area contributed by atoms with E-state index in [-0.39, 0.29) is 18.6 Å². The van der Waals surface area contributed by atoms with Crippen LogP contribution in [0.2, 0.25) is 0 Å². The predicted octanol–water partition coefficient (Wildman–Crippen LogP) is -0.107. The monoisotopic (exact) mass is 390 g/mol. The molecule has 1 saturated carbocycles. The lowest BCUT2D eigenvalue weighted by molar-refractivity contribution is -0.00366. The summed E-state index contributed by atoms with van der Waals surface area (Å²) in [6.45, 7) is -0.151. The number of fused-ring (bicyclic) bond motifs is 1. The van der Waals surface area contributed by atoms with Gasteiger partial charge in [-0.15, -0.1) is 0 Å². The summed E-state index contributed by atoms with van der Waals surface area (Å²) in [6.07, 6.45) is 1.85. The maximum Gasteiger partial charge on any atom is 0.146 e. The zero-order valence-corrected chi connectivity index (χ0v) is 12.7. The topological polar surface area (TPSA) is 117 Å². The summed E-state index contributed by atoms with van der Waals surface area (Å²) in [5.74, 6) is 0.0641. The maximum absolute atomic E-state index is 10.2. The Morgan fingerprint density at radius 1 is 1.35 bits per heavy atom. The fraction of sp³-hybridized carbons (Fsp3) is 0.500. The fourth-order valence-corrected chi connectivity index (χ4v) is 3.69. The van der Waals surface area contributed by atoms with Gasteiger partial charge in [0.2, 0.25) is 0 Å². The second kappa shape index (κ2) is 5.10. The van der Waals surface area contributed by atoms with Gasteiger partial charge in [0.1, 0.15) is 23.9 Å². The number of anilines is 1. The lowest BCUT2D eigenvalue weighted by Gasteiger charge is -2.18. The minimum Gasteiger partial charge on any atom is -0.396 e. The third-order valence-electron chi connectivity index (χ3n) is 3.96. The average Bonchev–Trinajstić information content (AvgIpc) is 2.90. The Hall–Kier alpha value is -0.970. The number of aromatic nitrogens is 3.